The number of likely N-dealkylation sites (tertiary alicyclic amines) is 1. The first kappa shape index (κ1) is 61.5. The predicted octanol–water partition coefficient (Wildman–Crippen LogP) is 3.16. The number of carbonyl (C=O) groups excluding carboxylic acids is 9. The molecule has 0 spiro atoms. The van der Waals surface area contributed by atoms with E-state index in [1.807, 2.05) is 53.7 Å². The average Bonchev–Trinajstić information content (AvgIpc) is 3.90. The van der Waals surface area contributed by atoms with Crippen molar-refractivity contribution in [2.24, 2.45) is 17.8 Å². The SMILES string of the molecule is CC(C)C[C@@H]1NC(=O)[C@H](CC(C)C)N(C)C(=O)[C@H](CC(C)C)N(C)C(=O)C[C@@H](C(=O)N2CCCCC2)NC(=O)[C@H](Cc2ccccc2)N(C)C(=O)[C@@H]2CCCN2C(=O)[C@H]([C@@H](C)O)NC(=O)[C@H](Cc2ccccc2)N(C)C1=O. The molecule has 0 unspecified atom stereocenters. The van der Waals surface area contributed by atoms with Gasteiger partial charge in [-0.05, 0) is 87.2 Å². The van der Waals surface area contributed by atoms with Crippen molar-refractivity contribution in [3.05, 3.63) is 71.8 Å². The fourth-order valence-corrected chi connectivity index (χ4v) is 10.8. The zero-order valence-corrected chi connectivity index (χ0v) is 47.4. The Hall–Kier alpha value is -6.37. The summed E-state index contributed by atoms with van der Waals surface area (Å²) in [6.45, 7) is 13.6. The molecule has 0 aromatic heterocycles. The number of hydrogen-bond donors (Lipinski definition) is 4. The lowest BCUT2D eigenvalue weighted by atomic mass is 9.96. The Balaban J connectivity index is 1.67. The Labute approximate surface area is 456 Å². The third-order valence-electron chi connectivity index (χ3n) is 15.3. The fraction of sp³-hybridized carbons (Fsp3) is 0.638. The minimum Gasteiger partial charge on any atom is -0.391 e. The molecule has 19 heteroatoms. The molecule has 0 bridgehead atoms. The van der Waals surface area contributed by atoms with E-state index in [1.165, 1.54) is 59.6 Å². The predicted molar refractivity (Wildman–Crippen MR) is 292 cm³/mol. The second-order valence-electron chi connectivity index (χ2n) is 22.8. The summed E-state index contributed by atoms with van der Waals surface area (Å²) in [5, 5.41) is 19.9. The summed E-state index contributed by atoms with van der Waals surface area (Å²) in [6.07, 6.45) is 1.46. The first-order valence-corrected chi connectivity index (χ1v) is 27.7. The van der Waals surface area contributed by atoms with Crippen LogP contribution in [0.15, 0.2) is 60.7 Å². The van der Waals surface area contributed by atoms with Crippen molar-refractivity contribution in [2.75, 3.05) is 47.8 Å². The standard InChI is InChI=1S/C58H87N9O10/c1-36(2)30-42-54(73)63(9)47(34-41-24-17-13-18-25-41)53(72)61-50(39(7)68)58(77)67-29-21-26-44(67)56(75)65(11)46(33-40-22-15-12-16-23-40)52(71)60-43(55(74)66-27-19-14-20-28-66)35-49(69)62(8)48(32-38(5)6)57(76)64(10)45(31-37(3)4)51(70)59-42/h12-13,15-18,22-25,36-39,42-48,50,68H,14,19-21,26-35H2,1-11H3,(H,59,70)(H,60,71)(H,61,72)/t39-,42+,43+,44+,45+,46+,47+,48+,50+/m1/s1. The lowest BCUT2D eigenvalue weighted by Crippen LogP contribution is -2.62. The molecule has 3 aliphatic heterocycles. The number of likely N-dealkylation sites (N-methyl/N-ethyl adjacent to an activating group) is 4. The number of aliphatic hydroxyl groups is 1. The van der Waals surface area contributed by atoms with E-state index in [-0.39, 0.29) is 62.8 Å². The van der Waals surface area contributed by atoms with Gasteiger partial charge in [-0.1, -0.05) is 102 Å². The third kappa shape index (κ3) is 16.3. The van der Waals surface area contributed by atoms with Gasteiger partial charge in [0.25, 0.3) is 0 Å². The molecule has 9 atom stereocenters. The number of amides is 9. The summed E-state index contributed by atoms with van der Waals surface area (Å²) in [5.41, 5.74) is 1.37. The van der Waals surface area contributed by atoms with Crippen molar-refractivity contribution in [2.45, 2.75) is 174 Å². The zero-order valence-electron chi connectivity index (χ0n) is 47.4. The van der Waals surface area contributed by atoms with Crippen LogP contribution in [-0.4, -0.2) is 190 Å². The van der Waals surface area contributed by atoms with Crippen LogP contribution in [0.3, 0.4) is 0 Å². The van der Waals surface area contributed by atoms with Gasteiger partial charge in [0.05, 0.1) is 12.5 Å². The van der Waals surface area contributed by atoms with Gasteiger partial charge < -0.3 is 50.5 Å². The molecule has 4 N–H and O–H groups in total. The van der Waals surface area contributed by atoms with E-state index in [0.717, 1.165) is 19.3 Å². The van der Waals surface area contributed by atoms with Gasteiger partial charge in [0.15, 0.2) is 0 Å². The topological polar surface area (TPSA) is 229 Å². The Bertz CT molecular complexity index is 2360. The minimum atomic E-state index is -1.58. The van der Waals surface area contributed by atoms with Crippen molar-refractivity contribution in [1.82, 2.24) is 45.3 Å². The van der Waals surface area contributed by atoms with Crippen LogP contribution in [-0.2, 0) is 56.0 Å². The van der Waals surface area contributed by atoms with Crippen LogP contribution in [0, 0.1) is 17.8 Å². The second-order valence-corrected chi connectivity index (χ2v) is 22.8. The van der Waals surface area contributed by atoms with E-state index in [9.17, 15) is 43.5 Å². The van der Waals surface area contributed by atoms with E-state index < -0.39 is 114 Å². The van der Waals surface area contributed by atoms with Gasteiger partial charge in [0, 0.05) is 60.7 Å². The lowest BCUT2D eigenvalue weighted by molar-refractivity contribution is -0.151. The number of benzene rings is 2. The molecular weight excluding hydrogens is 983 g/mol. The lowest BCUT2D eigenvalue weighted by Gasteiger charge is -2.37. The maximum Gasteiger partial charge on any atom is 0.248 e. The molecule has 424 valence electrons. The molecular formula is C58H87N9O10. The summed E-state index contributed by atoms with van der Waals surface area (Å²) in [7, 11) is 5.88. The van der Waals surface area contributed by atoms with Crippen LogP contribution >= 0.6 is 0 Å². The normalized spacial score (nSPS) is 26.2. The highest BCUT2D eigenvalue weighted by molar-refractivity contribution is 5.99. The number of carbonyl (C=O) groups is 9. The molecule has 2 aromatic carbocycles. The van der Waals surface area contributed by atoms with Crippen LogP contribution in [0.25, 0.3) is 0 Å². The van der Waals surface area contributed by atoms with Crippen molar-refractivity contribution in [1.29, 1.82) is 0 Å². The fourth-order valence-electron chi connectivity index (χ4n) is 10.8. The molecule has 9 amide bonds. The number of fused-ring (bicyclic) bond motifs is 1. The highest BCUT2D eigenvalue weighted by atomic mass is 16.3. The largest absolute Gasteiger partial charge is 0.391 e. The van der Waals surface area contributed by atoms with Crippen LogP contribution < -0.4 is 16.0 Å². The Kier molecular flexibility index (Phi) is 22.6. The van der Waals surface area contributed by atoms with E-state index in [1.54, 1.807) is 53.4 Å². The summed E-state index contributed by atoms with van der Waals surface area (Å²) in [5.74, 6) is -6.07. The van der Waals surface area contributed by atoms with E-state index in [2.05, 4.69) is 16.0 Å². The molecule has 5 rings (SSSR count). The molecule has 3 heterocycles. The van der Waals surface area contributed by atoms with Crippen molar-refractivity contribution in [3.63, 3.8) is 0 Å². The van der Waals surface area contributed by atoms with Crippen LogP contribution in [0.1, 0.15) is 117 Å². The number of rotatable bonds is 12. The van der Waals surface area contributed by atoms with Gasteiger partial charge in [-0.2, -0.15) is 0 Å². The highest BCUT2D eigenvalue weighted by Crippen LogP contribution is 2.25. The van der Waals surface area contributed by atoms with Gasteiger partial charge in [-0.3, -0.25) is 43.2 Å². The Morgan fingerprint density at radius 1 is 0.532 bits per heavy atom. The molecule has 0 saturated carbocycles. The van der Waals surface area contributed by atoms with Crippen molar-refractivity contribution >= 4 is 53.2 Å². The first-order valence-electron chi connectivity index (χ1n) is 27.7. The Morgan fingerprint density at radius 3 is 1.53 bits per heavy atom. The molecule has 0 aliphatic carbocycles. The molecule has 3 fully saturated rings. The molecule has 0 radical (unpaired) electrons. The maximum atomic E-state index is 15.0. The summed E-state index contributed by atoms with van der Waals surface area (Å²) in [4.78, 5) is 142. The molecule has 3 saturated heterocycles. The molecule has 19 nitrogen and oxygen atoms in total. The maximum absolute atomic E-state index is 15.0. The van der Waals surface area contributed by atoms with E-state index >= 15 is 4.79 Å². The summed E-state index contributed by atoms with van der Waals surface area (Å²) < 4.78 is 0. The Morgan fingerprint density at radius 2 is 1.01 bits per heavy atom. The van der Waals surface area contributed by atoms with Crippen molar-refractivity contribution in [3.8, 4) is 0 Å². The van der Waals surface area contributed by atoms with Crippen LogP contribution in [0.2, 0.25) is 0 Å². The van der Waals surface area contributed by atoms with Crippen LogP contribution in [0.5, 0.6) is 0 Å². The van der Waals surface area contributed by atoms with Crippen molar-refractivity contribution < 1.29 is 48.3 Å². The van der Waals surface area contributed by atoms with Crippen LogP contribution in [0.4, 0.5) is 0 Å². The van der Waals surface area contributed by atoms with Gasteiger partial charge >= 0.3 is 0 Å². The minimum absolute atomic E-state index is 0.00407. The smallest absolute Gasteiger partial charge is 0.248 e. The first-order chi connectivity index (χ1) is 36.4. The second kappa shape index (κ2) is 28.3. The van der Waals surface area contributed by atoms with E-state index in [4.69, 9.17) is 0 Å². The van der Waals surface area contributed by atoms with Gasteiger partial charge in [0.2, 0.25) is 53.2 Å². The summed E-state index contributed by atoms with van der Waals surface area (Å²) in [6, 6.07) is 7.93. The molecule has 3 aliphatic rings. The zero-order chi connectivity index (χ0) is 56.8. The van der Waals surface area contributed by atoms with Gasteiger partial charge in [-0.25, -0.2) is 0 Å². The molecule has 77 heavy (non-hydrogen) atoms. The number of hydrogen-bond acceptors (Lipinski definition) is 10. The van der Waals surface area contributed by atoms with Gasteiger partial charge in [0.1, 0.15) is 48.3 Å². The number of nitrogens with one attached hydrogen (secondary N) is 3. The number of nitrogens with zero attached hydrogens (tertiary/aromatic N) is 6. The average molecular weight is 1070 g/mol. The third-order valence-corrected chi connectivity index (χ3v) is 15.3. The van der Waals surface area contributed by atoms with E-state index in [0.29, 0.717) is 30.6 Å². The number of aliphatic hydroxyl groups excluding tert-OH is 1. The quantitative estimate of drug-likeness (QED) is 0.243. The monoisotopic (exact) mass is 1070 g/mol. The molecule has 2 aromatic rings. The number of piperidine rings is 1. The highest BCUT2D eigenvalue weighted by Gasteiger charge is 2.45. The summed E-state index contributed by atoms with van der Waals surface area (Å²) >= 11 is 0. The van der Waals surface area contributed by atoms with Gasteiger partial charge in [-0.15, -0.1) is 0 Å².